The molecule has 0 saturated heterocycles. The average Bonchev–Trinajstić information content (AvgIpc) is 3.02. The maximum atomic E-state index is 5.39. The number of rotatable bonds is 5. The molecule has 0 aliphatic rings. The summed E-state index contributed by atoms with van der Waals surface area (Å²) < 4.78 is 5.39. The van der Waals surface area contributed by atoms with Crippen LogP contribution in [0.2, 0.25) is 0 Å². The third kappa shape index (κ3) is 2.78. The zero-order valence-electron chi connectivity index (χ0n) is 12.2. The summed E-state index contributed by atoms with van der Waals surface area (Å²) in [5.41, 5.74) is 0.763. The smallest absolute Gasteiger partial charge is 0.231 e. The number of hydrogen-bond donors (Lipinski definition) is 1. The van der Waals surface area contributed by atoms with Gasteiger partial charge in [0, 0.05) is 24.0 Å². The molecule has 2 aromatic heterocycles. The van der Waals surface area contributed by atoms with Crippen LogP contribution < -0.4 is 5.32 Å². The number of fused-ring (bicyclic) bond motifs is 1. The molecule has 2 heterocycles. The molecule has 0 bridgehead atoms. The molecule has 3 aromatic rings. The second kappa shape index (κ2) is 6.01. The van der Waals surface area contributed by atoms with Gasteiger partial charge in [-0.1, -0.05) is 43.3 Å². The Hall–Kier alpha value is -2.27. The molecule has 108 valence electrons. The summed E-state index contributed by atoms with van der Waals surface area (Å²) in [4.78, 5) is 8.91. The largest absolute Gasteiger partial charge is 0.339 e. The Morgan fingerprint density at radius 2 is 2.10 bits per heavy atom. The Bertz CT molecular complexity index is 732. The molecule has 0 amide bonds. The molecular weight excluding hydrogens is 264 g/mol. The van der Waals surface area contributed by atoms with Gasteiger partial charge in [0.15, 0.2) is 0 Å². The van der Waals surface area contributed by atoms with E-state index in [-0.39, 0.29) is 5.92 Å². The normalized spacial score (nSPS) is 12.7. The van der Waals surface area contributed by atoms with Gasteiger partial charge in [0.05, 0.1) is 0 Å². The van der Waals surface area contributed by atoms with Gasteiger partial charge in [0.2, 0.25) is 11.7 Å². The Morgan fingerprint density at radius 3 is 2.95 bits per heavy atom. The van der Waals surface area contributed by atoms with Crippen LogP contribution >= 0.6 is 0 Å². The van der Waals surface area contributed by atoms with Crippen molar-refractivity contribution in [3.63, 3.8) is 0 Å². The predicted molar refractivity (Wildman–Crippen MR) is 82.0 cm³/mol. The van der Waals surface area contributed by atoms with Crippen LogP contribution in [0.3, 0.4) is 0 Å². The van der Waals surface area contributed by atoms with Crippen molar-refractivity contribution in [2.24, 2.45) is 0 Å². The minimum Gasteiger partial charge on any atom is -0.339 e. The molecule has 5 heteroatoms. The Balaban J connectivity index is 1.95. The van der Waals surface area contributed by atoms with Crippen molar-refractivity contribution in [3.8, 4) is 11.5 Å². The number of aromatic nitrogens is 3. The van der Waals surface area contributed by atoms with Crippen molar-refractivity contribution in [1.82, 2.24) is 20.4 Å². The third-order valence-electron chi connectivity index (χ3n) is 3.45. The zero-order chi connectivity index (χ0) is 14.7. The fourth-order valence-electron chi connectivity index (χ4n) is 2.28. The highest BCUT2D eigenvalue weighted by molar-refractivity contribution is 5.92. The molecule has 0 radical (unpaired) electrons. The van der Waals surface area contributed by atoms with Crippen LogP contribution in [0.5, 0.6) is 0 Å². The van der Waals surface area contributed by atoms with E-state index < -0.39 is 0 Å². The number of hydrogen-bond acceptors (Lipinski definition) is 5. The lowest BCUT2D eigenvalue weighted by Crippen LogP contribution is -2.19. The molecule has 5 nitrogen and oxygen atoms in total. The lowest BCUT2D eigenvalue weighted by Gasteiger charge is -2.05. The van der Waals surface area contributed by atoms with Gasteiger partial charge in [-0.3, -0.25) is 4.98 Å². The second-order valence-corrected chi connectivity index (χ2v) is 5.05. The monoisotopic (exact) mass is 282 g/mol. The molecule has 0 saturated carbocycles. The zero-order valence-corrected chi connectivity index (χ0v) is 12.2. The highest BCUT2D eigenvalue weighted by atomic mass is 16.5. The molecule has 0 spiro atoms. The summed E-state index contributed by atoms with van der Waals surface area (Å²) in [6, 6.07) is 10.0. The van der Waals surface area contributed by atoms with Crippen LogP contribution in [0, 0.1) is 0 Å². The fourth-order valence-corrected chi connectivity index (χ4v) is 2.28. The molecule has 21 heavy (non-hydrogen) atoms. The van der Waals surface area contributed by atoms with Crippen LogP contribution in [0.1, 0.15) is 25.7 Å². The van der Waals surface area contributed by atoms with Crippen LogP contribution in [-0.4, -0.2) is 28.2 Å². The summed E-state index contributed by atoms with van der Waals surface area (Å²) in [7, 11) is 0. The molecule has 0 aliphatic heterocycles. The quantitative estimate of drug-likeness (QED) is 0.779. The van der Waals surface area contributed by atoms with Crippen molar-refractivity contribution < 1.29 is 4.52 Å². The van der Waals surface area contributed by atoms with Crippen LogP contribution in [0.15, 0.2) is 41.1 Å². The SMILES string of the molecule is CCNCC(C)c1nc(-c2nccc3ccccc23)no1. The first kappa shape index (κ1) is 13.7. The summed E-state index contributed by atoms with van der Waals surface area (Å²) in [6.45, 7) is 5.89. The molecule has 0 fully saturated rings. The summed E-state index contributed by atoms with van der Waals surface area (Å²) in [5.74, 6) is 1.37. The molecule has 1 aromatic carbocycles. The van der Waals surface area contributed by atoms with Crippen LogP contribution in [-0.2, 0) is 0 Å². The van der Waals surface area contributed by atoms with Gasteiger partial charge in [0.25, 0.3) is 0 Å². The fraction of sp³-hybridized carbons (Fsp3) is 0.312. The van der Waals surface area contributed by atoms with E-state index in [1.165, 1.54) is 0 Å². The number of likely N-dealkylation sites (N-methyl/N-ethyl adjacent to an activating group) is 1. The van der Waals surface area contributed by atoms with Crippen LogP contribution in [0.4, 0.5) is 0 Å². The van der Waals surface area contributed by atoms with E-state index in [2.05, 4.69) is 40.4 Å². The minimum atomic E-state index is 0.182. The van der Waals surface area contributed by atoms with Gasteiger partial charge < -0.3 is 9.84 Å². The summed E-state index contributed by atoms with van der Waals surface area (Å²) in [5, 5.41) is 9.53. The lowest BCUT2D eigenvalue weighted by atomic mass is 10.1. The summed E-state index contributed by atoms with van der Waals surface area (Å²) >= 11 is 0. The van der Waals surface area contributed by atoms with Gasteiger partial charge >= 0.3 is 0 Å². The van der Waals surface area contributed by atoms with Gasteiger partial charge in [-0.15, -0.1) is 0 Å². The predicted octanol–water partition coefficient (Wildman–Crippen LogP) is 3.00. The van der Waals surface area contributed by atoms with E-state index >= 15 is 0 Å². The van der Waals surface area contributed by atoms with Crippen LogP contribution in [0.25, 0.3) is 22.3 Å². The third-order valence-corrected chi connectivity index (χ3v) is 3.45. The van der Waals surface area contributed by atoms with E-state index in [0.29, 0.717) is 11.7 Å². The number of pyridine rings is 1. The van der Waals surface area contributed by atoms with E-state index in [1.807, 2.05) is 24.3 Å². The molecule has 1 unspecified atom stereocenters. The second-order valence-electron chi connectivity index (χ2n) is 5.05. The van der Waals surface area contributed by atoms with E-state index in [4.69, 9.17) is 4.52 Å². The molecule has 1 N–H and O–H groups in total. The van der Waals surface area contributed by atoms with E-state index in [9.17, 15) is 0 Å². The molecular formula is C16H18N4O. The first-order valence-electron chi connectivity index (χ1n) is 7.18. The Kier molecular flexibility index (Phi) is 3.92. The lowest BCUT2D eigenvalue weighted by molar-refractivity contribution is 0.355. The van der Waals surface area contributed by atoms with Crippen molar-refractivity contribution >= 4 is 10.8 Å². The molecule has 0 aliphatic carbocycles. The van der Waals surface area contributed by atoms with Crippen molar-refractivity contribution in [3.05, 3.63) is 42.4 Å². The number of nitrogens with zero attached hydrogens (tertiary/aromatic N) is 3. The standard InChI is InChI=1S/C16H18N4O/c1-3-17-10-11(2)16-19-15(20-21-16)14-13-7-5-4-6-12(13)8-9-18-14/h4-9,11,17H,3,10H2,1-2H3. The number of nitrogens with one attached hydrogen (secondary N) is 1. The topological polar surface area (TPSA) is 63.8 Å². The highest BCUT2D eigenvalue weighted by Crippen LogP contribution is 2.25. The maximum Gasteiger partial charge on any atom is 0.231 e. The Labute approximate surface area is 123 Å². The van der Waals surface area contributed by atoms with Crippen molar-refractivity contribution in [2.75, 3.05) is 13.1 Å². The van der Waals surface area contributed by atoms with Gasteiger partial charge in [-0.05, 0) is 18.0 Å². The van der Waals surface area contributed by atoms with Crippen molar-refractivity contribution in [2.45, 2.75) is 19.8 Å². The van der Waals surface area contributed by atoms with E-state index in [0.717, 1.165) is 29.6 Å². The molecule has 1 atom stereocenters. The first-order valence-corrected chi connectivity index (χ1v) is 7.18. The number of benzene rings is 1. The summed E-state index contributed by atoms with van der Waals surface area (Å²) in [6.07, 6.45) is 1.77. The molecule has 3 rings (SSSR count). The minimum absolute atomic E-state index is 0.182. The van der Waals surface area contributed by atoms with Gasteiger partial charge in [-0.2, -0.15) is 4.98 Å². The first-order chi connectivity index (χ1) is 10.3. The van der Waals surface area contributed by atoms with Gasteiger partial charge in [0.1, 0.15) is 5.69 Å². The van der Waals surface area contributed by atoms with E-state index in [1.54, 1.807) is 6.20 Å². The van der Waals surface area contributed by atoms with Crippen molar-refractivity contribution in [1.29, 1.82) is 0 Å². The average molecular weight is 282 g/mol. The van der Waals surface area contributed by atoms with Gasteiger partial charge in [-0.25, -0.2) is 0 Å². The maximum absolute atomic E-state index is 5.39. The Morgan fingerprint density at radius 1 is 1.24 bits per heavy atom. The highest BCUT2D eigenvalue weighted by Gasteiger charge is 2.16.